The van der Waals surface area contributed by atoms with Crippen LogP contribution in [0.4, 0.5) is 0 Å². The summed E-state index contributed by atoms with van der Waals surface area (Å²) in [6.07, 6.45) is -0.280. The van der Waals surface area contributed by atoms with Gasteiger partial charge in [0.1, 0.15) is 8.77 Å². The number of carboxylic acids is 1. The predicted molar refractivity (Wildman–Crippen MR) is 89.8 cm³/mol. The van der Waals surface area contributed by atoms with E-state index in [0.717, 1.165) is 16.7 Å². The topological polar surface area (TPSA) is 74.6 Å². The number of hydrogen-bond donors (Lipinski definition) is 2. The van der Waals surface area contributed by atoms with Crippen LogP contribution in [-0.2, 0) is 31.2 Å². The molecule has 4 nitrogen and oxygen atoms in total. The van der Waals surface area contributed by atoms with E-state index in [1.165, 1.54) is 0 Å². The molecule has 0 aliphatic carbocycles. The summed E-state index contributed by atoms with van der Waals surface area (Å²) >= 11 is 4.60. The standard InChI is InChI=1S/C16H16O4S2/c17-16(18)11-14(22(19,20)21)10-13-8-4-5-9-15(13)12-6-2-1-3-7-12/h1-9,14H,10-11H2,(H,17,18)(H,19,20,21). The Balaban J connectivity index is 2.39. The molecule has 22 heavy (non-hydrogen) atoms. The van der Waals surface area contributed by atoms with Crippen molar-refractivity contribution >= 4 is 25.9 Å². The first kappa shape index (κ1) is 16.6. The zero-order valence-corrected chi connectivity index (χ0v) is 13.3. The van der Waals surface area contributed by atoms with Crippen LogP contribution in [0.2, 0.25) is 0 Å². The zero-order valence-electron chi connectivity index (χ0n) is 11.7. The summed E-state index contributed by atoms with van der Waals surface area (Å²) in [4.78, 5) is 10.9. The van der Waals surface area contributed by atoms with E-state index in [2.05, 4.69) is 11.2 Å². The minimum absolute atomic E-state index is 0.149. The lowest BCUT2D eigenvalue weighted by molar-refractivity contribution is -0.137. The second-order valence-corrected chi connectivity index (χ2v) is 8.09. The molecule has 116 valence electrons. The molecule has 0 radical (unpaired) electrons. The summed E-state index contributed by atoms with van der Waals surface area (Å²) in [5.41, 5.74) is 2.70. The third-order valence-electron chi connectivity index (χ3n) is 3.37. The summed E-state index contributed by atoms with van der Waals surface area (Å²) in [6.45, 7) is 0. The SMILES string of the molecule is O=C(O)CC(Cc1ccccc1-c1ccccc1)S(=O)(O)=S. The van der Waals surface area contributed by atoms with E-state index < -0.39 is 26.4 Å². The Morgan fingerprint density at radius 1 is 1.09 bits per heavy atom. The smallest absolute Gasteiger partial charge is 0.304 e. The second kappa shape index (κ2) is 7.00. The van der Waals surface area contributed by atoms with E-state index in [9.17, 15) is 13.6 Å². The maximum absolute atomic E-state index is 11.8. The molecule has 6 heteroatoms. The summed E-state index contributed by atoms with van der Waals surface area (Å²) in [7, 11) is -3.60. The van der Waals surface area contributed by atoms with Gasteiger partial charge in [-0.15, -0.1) is 0 Å². The Kier molecular flexibility index (Phi) is 5.28. The average Bonchev–Trinajstić information content (AvgIpc) is 2.47. The van der Waals surface area contributed by atoms with E-state index in [4.69, 9.17) is 5.11 Å². The first-order valence-corrected chi connectivity index (χ1v) is 9.19. The fraction of sp³-hybridized carbons (Fsp3) is 0.188. The summed E-state index contributed by atoms with van der Waals surface area (Å²) in [5, 5.41) is 7.93. The molecular formula is C16H16O4S2. The lowest BCUT2D eigenvalue weighted by Crippen LogP contribution is -2.25. The Labute approximate surface area is 134 Å². The molecule has 0 aliphatic rings. The van der Waals surface area contributed by atoms with Crippen molar-refractivity contribution in [3.05, 3.63) is 60.2 Å². The monoisotopic (exact) mass is 336 g/mol. The van der Waals surface area contributed by atoms with Crippen molar-refractivity contribution in [2.45, 2.75) is 18.1 Å². The van der Waals surface area contributed by atoms with Crippen molar-refractivity contribution < 1.29 is 18.7 Å². The van der Waals surface area contributed by atoms with Crippen LogP contribution in [0.5, 0.6) is 0 Å². The fourth-order valence-corrected chi connectivity index (χ4v) is 3.47. The van der Waals surface area contributed by atoms with E-state index in [1.807, 2.05) is 54.6 Å². The van der Waals surface area contributed by atoms with Crippen LogP contribution in [0, 0.1) is 0 Å². The molecule has 0 bridgehead atoms. The van der Waals surface area contributed by atoms with Crippen LogP contribution in [-0.4, -0.2) is 25.1 Å². The minimum Gasteiger partial charge on any atom is -0.481 e. The average molecular weight is 336 g/mol. The van der Waals surface area contributed by atoms with Gasteiger partial charge >= 0.3 is 5.97 Å². The van der Waals surface area contributed by atoms with E-state index >= 15 is 0 Å². The summed E-state index contributed by atoms with van der Waals surface area (Å²) in [6, 6.07) is 17.0. The van der Waals surface area contributed by atoms with E-state index in [1.54, 1.807) is 0 Å². The lowest BCUT2D eigenvalue weighted by Gasteiger charge is -2.16. The molecule has 2 aromatic rings. The number of carbonyl (C=O) groups is 1. The van der Waals surface area contributed by atoms with Gasteiger partial charge in [0, 0.05) is 11.2 Å². The van der Waals surface area contributed by atoms with Crippen LogP contribution in [0.25, 0.3) is 11.1 Å². The number of aliphatic carboxylic acids is 1. The molecule has 0 saturated heterocycles. The fourth-order valence-electron chi connectivity index (χ4n) is 2.32. The van der Waals surface area contributed by atoms with Gasteiger partial charge in [0.15, 0.2) is 0 Å². The Morgan fingerprint density at radius 3 is 2.27 bits per heavy atom. The minimum atomic E-state index is -3.60. The van der Waals surface area contributed by atoms with Gasteiger partial charge in [-0.2, -0.15) is 0 Å². The van der Waals surface area contributed by atoms with Crippen LogP contribution in [0.3, 0.4) is 0 Å². The Hall–Kier alpha value is -1.76. The van der Waals surface area contributed by atoms with Crippen molar-refractivity contribution in [3.8, 4) is 11.1 Å². The maximum Gasteiger partial charge on any atom is 0.304 e. The second-order valence-electron chi connectivity index (χ2n) is 4.96. The van der Waals surface area contributed by atoms with Crippen LogP contribution >= 0.6 is 0 Å². The third-order valence-corrected chi connectivity index (χ3v) is 5.37. The first-order valence-electron chi connectivity index (χ1n) is 6.69. The highest BCUT2D eigenvalue weighted by molar-refractivity contribution is 8.30. The predicted octanol–water partition coefficient (Wildman–Crippen LogP) is 2.96. The first-order chi connectivity index (χ1) is 10.4. The van der Waals surface area contributed by atoms with Crippen molar-refractivity contribution in [2.75, 3.05) is 0 Å². The summed E-state index contributed by atoms with van der Waals surface area (Å²) < 4.78 is 21.4. The van der Waals surface area contributed by atoms with Gasteiger partial charge in [-0.25, -0.2) is 4.21 Å². The van der Waals surface area contributed by atoms with Crippen molar-refractivity contribution in [1.29, 1.82) is 0 Å². The molecule has 2 atom stereocenters. The largest absolute Gasteiger partial charge is 0.481 e. The molecule has 2 N–H and O–H groups in total. The van der Waals surface area contributed by atoms with Crippen molar-refractivity contribution in [3.63, 3.8) is 0 Å². The van der Waals surface area contributed by atoms with Gasteiger partial charge in [-0.05, 0) is 23.1 Å². The quantitative estimate of drug-likeness (QED) is 0.848. The Morgan fingerprint density at radius 2 is 1.68 bits per heavy atom. The van der Waals surface area contributed by atoms with Crippen LogP contribution in [0.1, 0.15) is 12.0 Å². The van der Waals surface area contributed by atoms with Gasteiger partial charge in [-0.1, -0.05) is 54.6 Å². The summed E-state index contributed by atoms with van der Waals surface area (Å²) in [5.74, 6) is -1.13. The lowest BCUT2D eigenvalue weighted by atomic mass is 9.96. The van der Waals surface area contributed by atoms with Gasteiger partial charge in [0.2, 0.25) is 0 Å². The molecule has 2 rings (SSSR count). The number of rotatable bonds is 6. The molecule has 0 amide bonds. The van der Waals surface area contributed by atoms with Crippen LogP contribution in [0.15, 0.2) is 54.6 Å². The number of carboxylic acid groups (broad SMARTS) is 1. The zero-order chi connectivity index (χ0) is 16.2. The molecule has 0 spiro atoms. The normalized spacial score (nSPS) is 15.0. The Bertz CT molecular complexity index is 755. The van der Waals surface area contributed by atoms with E-state index in [0.29, 0.717) is 0 Å². The maximum atomic E-state index is 11.8. The molecule has 2 unspecified atom stereocenters. The van der Waals surface area contributed by atoms with Crippen molar-refractivity contribution in [2.24, 2.45) is 0 Å². The highest BCUT2D eigenvalue weighted by atomic mass is 32.8. The molecule has 0 fully saturated rings. The molecule has 0 heterocycles. The molecule has 0 aliphatic heterocycles. The van der Waals surface area contributed by atoms with Crippen LogP contribution < -0.4 is 0 Å². The van der Waals surface area contributed by atoms with E-state index in [-0.39, 0.29) is 6.42 Å². The molecular weight excluding hydrogens is 320 g/mol. The highest BCUT2D eigenvalue weighted by Crippen LogP contribution is 2.26. The molecule has 2 aromatic carbocycles. The molecule has 0 aromatic heterocycles. The third kappa shape index (κ3) is 4.37. The van der Waals surface area contributed by atoms with Gasteiger partial charge in [-0.3, -0.25) is 4.79 Å². The number of hydrogen-bond acceptors (Lipinski definition) is 3. The molecule has 0 saturated carbocycles. The highest BCUT2D eigenvalue weighted by Gasteiger charge is 2.24. The van der Waals surface area contributed by atoms with Gasteiger partial charge < -0.3 is 9.66 Å². The van der Waals surface area contributed by atoms with Crippen molar-refractivity contribution in [1.82, 2.24) is 0 Å². The van der Waals surface area contributed by atoms with Gasteiger partial charge in [0.05, 0.1) is 11.7 Å². The van der Waals surface area contributed by atoms with Gasteiger partial charge in [0.25, 0.3) is 0 Å². The number of benzene rings is 2.